The first kappa shape index (κ1) is 13.4. The molecule has 1 N–H and O–H groups in total. The van der Waals surface area contributed by atoms with Gasteiger partial charge >= 0.3 is 0 Å². The van der Waals surface area contributed by atoms with Crippen LogP contribution >= 0.6 is 0 Å². The Balaban J connectivity index is 1.84. The van der Waals surface area contributed by atoms with Crippen LogP contribution in [0.25, 0.3) is 0 Å². The minimum absolute atomic E-state index is 0.686. The number of aromatic nitrogens is 2. The third kappa shape index (κ3) is 3.25. The zero-order valence-corrected chi connectivity index (χ0v) is 11.7. The van der Waals surface area contributed by atoms with Gasteiger partial charge in [0.05, 0.1) is 0 Å². The summed E-state index contributed by atoms with van der Waals surface area (Å²) in [5.41, 5.74) is 0. The monoisotopic (exact) mass is 250 g/mol. The minimum Gasteiger partial charge on any atom is -0.354 e. The zero-order chi connectivity index (χ0) is 12.8. The van der Waals surface area contributed by atoms with Crippen molar-refractivity contribution in [2.45, 2.75) is 52.1 Å². The number of likely N-dealkylation sites (N-methyl/N-ethyl adjacent to an activating group) is 1. The van der Waals surface area contributed by atoms with Gasteiger partial charge in [-0.05, 0) is 32.4 Å². The van der Waals surface area contributed by atoms with Gasteiger partial charge in [0, 0.05) is 31.5 Å². The van der Waals surface area contributed by atoms with E-state index in [-0.39, 0.29) is 0 Å². The third-order valence-corrected chi connectivity index (χ3v) is 3.87. The quantitative estimate of drug-likeness (QED) is 0.807. The Labute approximate surface area is 110 Å². The number of imidazole rings is 1. The SMILES string of the molecule is CCCCn1ccnc1NCC1CCCN1CC. The van der Waals surface area contributed by atoms with Crippen molar-refractivity contribution >= 4 is 5.95 Å². The number of nitrogens with one attached hydrogen (secondary N) is 1. The standard InChI is InChI=1S/C14H26N4/c1-3-5-9-18-11-8-15-14(18)16-12-13-7-6-10-17(13)4-2/h8,11,13H,3-7,9-10,12H2,1-2H3,(H,15,16). The van der Waals surface area contributed by atoms with Crippen LogP contribution in [0.15, 0.2) is 12.4 Å². The summed E-state index contributed by atoms with van der Waals surface area (Å²) in [7, 11) is 0. The molecular formula is C14H26N4. The minimum atomic E-state index is 0.686. The highest BCUT2D eigenvalue weighted by molar-refractivity contribution is 5.26. The first-order valence-electron chi connectivity index (χ1n) is 7.34. The lowest BCUT2D eigenvalue weighted by Crippen LogP contribution is -2.35. The van der Waals surface area contributed by atoms with E-state index in [2.05, 4.69) is 39.8 Å². The lowest BCUT2D eigenvalue weighted by molar-refractivity contribution is 0.276. The van der Waals surface area contributed by atoms with Gasteiger partial charge in [0.2, 0.25) is 5.95 Å². The van der Waals surface area contributed by atoms with Crippen molar-refractivity contribution in [2.75, 3.05) is 25.0 Å². The molecule has 102 valence electrons. The molecule has 18 heavy (non-hydrogen) atoms. The number of nitrogens with zero attached hydrogens (tertiary/aromatic N) is 3. The number of hydrogen-bond acceptors (Lipinski definition) is 3. The first-order chi connectivity index (χ1) is 8.85. The van der Waals surface area contributed by atoms with Gasteiger partial charge in [-0.1, -0.05) is 20.3 Å². The smallest absolute Gasteiger partial charge is 0.202 e. The van der Waals surface area contributed by atoms with Crippen LogP contribution in [-0.4, -0.2) is 40.1 Å². The van der Waals surface area contributed by atoms with Crippen LogP contribution in [0.5, 0.6) is 0 Å². The Morgan fingerprint density at radius 2 is 2.33 bits per heavy atom. The van der Waals surface area contributed by atoms with Crippen molar-refractivity contribution in [3.05, 3.63) is 12.4 Å². The Bertz CT molecular complexity index is 347. The molecule has 1 saturated heterocycles. The van der Waals surface area contributed by atoms with Gasteiger partial charge in [-0.25, -0.2) is 4.98 Å². The summed E-state index contributed by atoms with van der Waals surface area (Å²) in [6, 6.07) is 0.686. The van der Waals surface area contributed by atoms with Crippen molar-refractivity contribution in [3.63, 3.8) is 0 Å². The summed E-state index contributed by atoms with van der Waals surface area (Å²) >= 11 is 0. The summed E-state index contributed by atoms with van der Waals surface area (Å²) in [4.78, 5) is 6.98. The van der Waals surface area contributed by atoms with Crippen LogP contribution < -0.4 is 5.32 Å². The Hall–Kier alpha value is -1.03. The van der Waals surface area contributed by atoms with Crippen LogP contribution in [0.4, 0.5) is 5.95 Å². The molecular weight excluding hydrogens is 224 g/mol. The molecule has 1 aromatic rings. The molecule has 4 nitrogen and oxygen atoms in total. The average molecular weight is 250 g/mol. The number of likely N-dealkylation sites (tertiary alicyclic amines) is 1. The second-order valence-electron chi connectivity index (χ2n) is 5.10. The molecule has 1 fully saturated rings. The first-order valence-corrected chi connectivity index (χ1v) is 7.34. The van der Waals surface area contributed by atoms with Crippen LogP contribution in [0.3, 0.4) is 0 Å². The predicted octanol–water partition coefficient (Wildman–Crippen LogP) is 2.58. The average Bonchev–Trinajstić information content (AvgIpc) is 3.02. The van der Waals surface area contributed by atoms with Crippen LogP contribution in [0.2, 0.25) is 0 Å². The maximum Gasteiger partial charge on any atom is 0.202 e. The van der Waals surface area contributed by atoms with E-state index in [1.807, 2.05) is 6.20 Å². The van der Waals surface area contributed by atoms with Crippen molar-refractivity contribution in [1.82, 2.24) is 14.5 Å². The summed E-state index contributed by atoms with van der Waals surface area (Å²) in [6.07, 6.45) is 9.06. The highest BCUT2D eigenvalue weighted by Crippen LogP contribution is 2.17. The Morgan fingerprint density at radius 3 is 3.11 bits per heavy atom. The highest BCUT2D eigenvalue weighted by Gasteiger charge is 2.22. The number of rotatable bonds is 7. The lowest BCUT2D eigenvalue weighted by atomic mass is 10.2. The van der Waals surface area contributed by atoms with E-state index < -0.39 is 0 Å². The van der Waals surface area contributed by atoms with Gasteiger partial charge in [-0.2, -0.15) is 0 Å². The fourth-order valence-electron chi connectivity index (χ4n) is 2.74. The predicted molar refractivity (Wildman–Crippen MR) is 75.9 cm³/mol. The van der Waals surface area contributed by atoms with Gasteiger partial charge in [-0.15, -0.1) is 0 Å². The van der Waals surface area contributed by atoms with Gasteiger partial charge in [0.1, 0.15) is 0 Å². The Morgan fingerprint density at radius 1 is 1.44 bits per heavy atom. The molecule has 0 aliphatic carbocycles. The van der Waals surface area contributed by atoms with E-state index in [0.717, 1.165) is 25.6 Å². The number of aryl methyl sites for hydroxylation is 1. The van der Waals surface area contributed by atoms with E-state index in [0.29, 0.717) is 6.04 Å². The summed E-state index contributed by atoms with van der Waals surface area (Å²) in [5, 5.41) is 3.52. The molecule has 0 bridgehead atoms. The maximum absolute atomic E-state index is 4.41. The van der Waals surface area contributed by atoms with Gasteiger partial charge < -0.3 is 9.88 Å². The van der Waals surface area contributed by atoms with Crippen LogP contribution in [-0.2, 0) is 6.54 Å². The topological polar surface area (TPSA) is 33.1 Å². The lowest BCUT2D eigenvalue weighted by Gasteiger charge is -2.23. The third-order valence-electron chi connectivity index (χ3n) is 3.87. The normalized spacial score (nSPS) is 20.4. The van der Waals surface area contributed by atoms with Gasteiger partial charge in [0.25, 0.3) is 0 Å². The molecule has 0 radical (unpaired) electrons. The maximum atomic E-state index is 4.41. The summed E-state index contributed by atoms with van der Waals surface area (Å²) in [5.74, 6) is 1.03. The van der Waals surface area contributed by atoms with Gasteiger partial charge in [0.15, 0.2) is 0 Å². The molecule has 0 saturated carbocycles. The van der Waals surface area contributed by atoms with Crippen molar-refractivity contribution < 1.29 is 0 Å². The molecule has 0 aromatic carbocycles. The molecule has 1 aliphatic rings. The van der Waals surface area contributed by atoms with E-state index in [4.69, 9.17) is 0 Å². The second kappa shape index (κ2) is 6.78. The zero-order valence-electron chi connectivity index (χ0n) is 11.7. The van der Waals surface area contributed by atoms with Crippen molar-refractivity contribution in [2.24, 2.45) is 0 Å². The van der Waals surface area contributed by atoms with E-state index in [9.17, 15) is 0 Å². The summed E-state index contributed by atoms with van der Waals surface area (Å²) < 4.78 is 2.23. The highest BCUT2D eigenvalue weighted by atomic mass is 15.2. The molecule has 0 spiro atoms. The molecule has 1 unspecified atom stereocenters. The van der Waals surface area contributed by atoms with Crippen LogP contribution in [0, 0.1) is 0 Å². The fraction of sp³-hybridized carbons (Fsp3) is 0.786. The second-order valence-corrected chi connectivity index (χ2v) is 5.10. The van der Waals surface area contributed by atoms with Crippen molar-refractivity contribution in [3.8, 4) is 0 Å². The molecule has 1 atom stereocenters. The van der Waals surface area contributed by atoms with E-state index in [1.54, 1.807) is 0 Å². The summed E-state index contributed by atoms with van der Waals surface area (Å²) in [6.45, 7) is 8.99. The molecule has 0 amide bonds. The van der Waals surface area contributed by atoms with Gasteiger partial charge in [-0.3, -0.25) is 4.90 Å². The molecule has 2 rings (SSSR count). The largest absolute Gasteiger partial charge is 0.354 e. The fourth-order valence-corrected chi connectivity index (χ4v) is 2.74. The van der Waals surface area contributed by atoms with E-state index >= 15 is 0 Å². The Kier molecular flexibility index (Phi) is 5.05. The molecule has 2 heterocycles. The number of unbranched alkanes of at least 4 members (excludes halogenated alkanes) is 1. The van der Waals surface area contributed by atoms with Crippen molar-refractivity contribution in [1.29, 1.82) is 0 Å². The number of anilines is 1. The molecule has 4 heteroatoms. The van der Waals surface area contributed by atoms with E-state index in [1.165, 1.54) is 32.2 Å². The number of hydrogen-bond donors (Lipinski definition) is 1. The molecule has 1 aromatic heterocycles. The molecule has 1 aliphatic heterocycles. The van der Waals surface area contributed by atoms with Crippen LogP contribution in [0.1, 0.15) is 39.5 Å².